The van der Waals surface area contributed by atoms with Crippen molar-refractivity contribution in [2.45, 2.75) is 71.5 Å². The van der Waals surface area contributed by atoms with Crippen LogP contribution < -0.4 is 10.8 Å². The van der Waals surface area contributed by atoms with Crippen LogP contribution in [0.25, 0.3) is 0 Å². The summed E-state index contributed by atoms with van der Waals surface area (Å²) in [5.41, 5.74) is 3.85. The molecule has 242 valence electrons. The minimum Gasteiger partial charge on any atom is -0.443 e. The second-order valence-corrected chi connectivity index (χ2v) is 10.7. The molecule has 1 atom stereocenters. The van der Waals surface area contributed by atoms with Gasteiger partial charge < -0.3 is 29.2 Å². The standard InChI is InChI=1S/C33H47N3O8/c1-3-41-31(42-4-2)21-36(20-26-14-8-5-9-15-26)32(38)29(24-40-22-27-16-10-6-11-17-27)34-30(37)25-44-35-33(39)43-23-28-18-12-7-13-19-28/h6-7,10-13,16-19,26,29,31H,3-5,8-9,14-15,20-25H2,1-2H3,(H,34,37)(H,35,39). The van der Waals surface area contributed by atoms with E-state index in [4.69, 9.17) is 23.8 Å². The van der Waals surface area contributed by atoms with E-state index in [0.29, 0.717) is 25.7 Å². The maximum atomic E-state index is 14.0. The van der Waals surface area contributed by atoms with Gasteiger partial charge in [-0.05, 0) is 43.7 Å². The smallest absolute Gasteiger partial charge is 0.431 e. The molecule has 0 heterocycles. The normalized spacial score (nSPS) is 14.2. The number of ether oxygens (including phenoxy) is 4. The van der Waals surface area contributed by atoms with Gasteiger partial charge in [-0.25, -0.2) is 4.79 Å². The molecule has 0 radical (unpaired) electrons. The average Bonchev–Trinajstić information content (AvgIpc) is 3.04. The molecule has 0 aliphatic heterocycles. The first kappa shape index (κ1) is 35.0. The molecular weight excluding hydrogens is 566 g/mol. The van der Waals surface area contributed by atoms with Gasteiger partial charge in [-0.3, -0.25) is 14.4 Å². The van der Waals surface area contributed by atoms with E-state index >= 15 is 0 Å². The number of hydroxylamine groups is 1. The van der Waals surface area contributed by atoms with Crippen LogP contribution in [-0.4, -0.2) is 74.7 Å². The highest BCUT2D eigenvalue weighted by Crippen LogP contribution is 2.25. The number of rotatable bonds is 19. The van der Waals surface area contributed by atoms with Crippen LogP contribution in [-0.2, 0) is 46.6 Å². The van der Waals surface area contributed by atoms with Crippen molar-refractivity contribution in [2.75, 3.05) is 39.5 Å². The Morgan fingerprint density at radius 3 is 2.09 bits per heavy atom. The summed E-state index contributed by atoms with van der Waals surface area (Å²) < 4.78 is 22.5. The van der Waals surface area contributed by atoms with Gasteiger partial charge in [0.05, 0.1) is 19.8 Å². The summed E-state index contributed by atoms with van der Waals surface area (Å²) >= 11 is 0. The Hall–Kier alpha value is -3.51. The van der Waals surface area contributed by atoms with E-state index in [1.54, 1.807) is 4.90 Å². The van der Waals surface area contributed by atoms with Gasteiger partial charge in [-0.15, -0.1) is 0 Å². The van der Waals surface area contributed by atoms with Crippen molar-refractivity contribution >= 4 is 17.9 Å². The average molecular weight is 614 g/mol. The van der Waals surface area contributed by atoms with Crippen LogP contribution >= 0.6 is 0 Å². The Morgan fingerprint density at radius 2 is 1.48 bits per heavy atom. The Balaban J connectivity index is 1.62. The number of nitrogens with zero attached hydrogens (tertiary/aromatic N) is 1. The highest BCUT2D eigenvalue weighted by atomic mass is 16.7. The summed E-state index contributed by atoms with van der Waals surface area (Å²) in [4.78, 5) is 45.7. The van der Waals surface area contributed by atoms with Crippen LogP contribution in [0.1, 0.15) is 57.1 Å². The van der Waals surface area contributed by atoms with E-state index in [1.165, 1.54) is 6.42 Å². The molecule has 1 aliphatic carbocycles. The zero-order chi connectivity index (χ0) is 31.4. The summed E-state index contributed by atoms with van der Waals surface area (Å²) in [7, 11) is 0. The molecular formula is C33H47N3O8. The second-order valence-electron chi connectivity index (χ2n) is 10.7. The Bertz CT molecular complexity index is 1090. The fourth-order valence-corrected chi connectivity index (χ4v) is 5.05. The van der Waals surface area contributed by atoms with E-state index in [0.717, 1.165) is 36.8 Å². The van der Waals surface area contributed by atoms with Crippen molar-refractivity contribution in [1.82, 2.24) is 15.7 Å². The molecule has 0 aromatic heterocycles. The van der Waals surface area contributed by atoms with Gasteiger partial charge in [0.2, 0.25) is 11.8 Å². The molecule has 44 heavy (non-hydrogen) atoms. The fourth-order valence-electron chi connectivity index (χ4n) is 5.05. The molecule has 1 aliphatic rings. The topological polar surface area (TPSA) is 125 Å². The second kappa shape index (κ2) is 20.4. The predicted octanol–water partition coefficient (Wildman–Crippen LogP) is 4.35. The number of hydrogen-bond acceptors (Lipinski definition) is 8. The minimum absolute atomic E-state index is 0.0544. The quantitative estimate of drug-likeness (QED) is 0.177. The SMILES string of the molecule is CCOC(CN(CC1CCCCC1)C(=O)C(COCc1ccccc1)NC(=O)CONC(=O)OCc1ccccc1)OCC. The lowest BCUT2D eigenvalue weighted by Crippen LogP contribution is -2.54. The van der Waals surface area contributed by atoms with Crippen LogP contribution in [0.15, 0.2) is 60.7 Å². The van der Waals surface area contributed by atoms with Crippen molar-refractivity contribution in [3.05, 3.63) is 71.8 Å². The first-order chi connectivity index (χ1) is 21.5. The van der Waals surface area contributed by atoms with Gasteiger partial charge in [-0.2, -0.15) is 5.48 Å². The van der Waals surface area contributed by atoms with Crippen molar-refractivity contribution in [3.63, 3.8) is 0 Å². The maximum absolute atomic E-state index is 14.0. The summed E-state index contributed by atoms with van der Waals surface area (Å²) in [5, 5.41) is 2.74. The molecule has 0 saturated heterocycles. The lowest BCUT2D eigenvalue weighted by atomic mass is 9.89. The van der Waals surface area contributed by atoms with Crippen molar-refractivity contribution in [3.8, 4) is 0 Å². The lowest BCUT2D eigenvalue weighted by molar-refractivity contribution is -0.162. The monoisotopic (exact) mass is 613 g/mol. The van der Waals surface area contributed by atoms with Crippen LogP contribution in [0.5, 0.6) is 0 Å². The molecule has 0 bridgehead atoms. The van der Waals surface area contributed by atoms with Gasteiger partial charge in [0, 0.05) is 19.8 Å². The molecule has 11 heteroatoms. The number of hydrogen-bond donors (Lipinski definition) is 2. The number of carbonyl (C=O) groups is 3. The molecule has 1 fully saturated rings. The molecule has 1 saturated carbocycles. The van der Waals surface area contributed by atoms with E-state index in [-0.39, 0.29) is 32.3 Å². The van der Waals surface area contributed by atoms with Crippen molar-refractivity contribution in [2.24, 2.45) is 5.92 Å². The van der Waals surface area contributed by atoms with Crippen LogP contribution in [0, 0.1) is 5.92 Å². The molecule has 11 nitrogen and oxygen atoms in total. The molecule has 1 unspecified atom stereocenters. The maximum Gasteiger partial charge on any atom is 0.431 e. The Labute approximate surface area is 260 Å². The fraction of sp³-hybridized carbons (Fsp3) is 0.545. The van der Waals surface area contributed by atoms with Crippen molar-refractivity contribution < 1.29 is 38.2 Å². The van der Waals surface area contributed by atoms with Crippen LogP contribution in [0.3, 0.4) is 0 Å². The predicted molar refractivity (Wildman–Crippen MR) is 164 cm³/mol. The Kier molecular flexibility index (Phi) is 16.3. The van der Waals surface area contributed by atoms with E-state index < -0.39 is 30.9 Å². The van der Waals surface area contributed by atoms with Gasteiger partial charge in [0.1, 0.15) is 12.6 Å². The molecule has 0 spiro atoms. The lowest BCUT2D eigenvalue weighted by Gasteiger charge is -2.34. The summed E-state index contributed by atoms with van der Waals surface area (Å²) in [6.45, 7) is 5.15. The number of amides is 3. The number of benzene rings is 2. The van der Waals surface area contributed by atoms with Crippen molar-refractivity contribution in [1.29, 1.82) is 0 Å². The van der Waals surface area contributed by atoms with Gasteiger partial charge in [0.15, 0.2) is 12.9 Å². The molecule has 3 amide bonds. The molecule has 2 N–H and O–H groups in total. The first-order valence-corrected chi connectivity index (χ1v) is 15.5. The molecule has 2 aromatic rings. The van der Waals surface area contributed by atoms with E-state index in [9.17, 15) is 14.4 Å². The first-order valence-electron chi connectivity index (χ1n) is 15.5. The highest BCUT2D eigenvalue weighted by molar-refractivity contribution is 5.88. The van der Waals surface area contributed by atoms with Gasteiger partial charge >= 0.3 is 6.09 Å². The van der Waals surface area contributed by atoms with Gasteiger partial charge in [-0.1, -0.05) is 79.9 Å². The largest absolute Gasteiger partial charge is 0.443 e. The zero-order valence-corrected chi connectivity index (χ0v) is 25.9. The van der Waals surface area contributed by atoms with Crippen LogP contribution in [0.4, 0.5) is 4.79 Å². The minimum atomic E-state index is -0.993. The number of carbonyl (C=O) groups excluding carboxylic acids is 3. The summed E-state index contributed by atoms with van der Waals surface area (Å²) in [6.07, 6.45) is 4.12. The third kappa shape index (κ3) is 13.4. The third-order valence-corrected chi connectivity index (χ3v) is 7.19. The summed E-state index contributed by atoms with van der Waals surface area (Å²) in [6, 6.07) is 17.8. The van der Waals surface area contributed by atoms with Crippen LogP contribution in [0.2, 0.25) is 0 Å². The van der Waals surface area contributed by atoms with E-state index in [1.807, 2.05) is 74.5 Å². The number of nitrogens with one attached hydrogen (secondary N) is 2. The third-order valence-electron chi connectivity index (χ3n) is 7.19. The summed E-state index contributed by atoms with van der Waals surface area (Å²) in [5.74, 6) is -0.539. The van der Waals surface area contributed by atoms with E-state index in [2.05, 4.69) is 10.8 Å². The zero-order valence-electron chi connectivity index (χ0n) is 25.9. The Morgan fingerprint density at radius 1 is 0.864 bits per heavy atom. The molecule has 2 aromatic carbocycles. The highest BCUT2D eigenvalue weighted by Gasteiger charge is 2.31. The molecule has 3 rings (SSSR count). The van der Waals surface area contributed by atoms with Gasteiger partial charge in [0.25, 0.3) is 0 Å².